The van der Waals surface area contributed by atoms with Gasteiger partial charge in [-0.05, 0) is 56.1 Å². The topological polar surface area (TPSA) is 88.1 Å². The van der Waals surface area contributed by atoms with E-state index in [0.29, 0.717) is 11.4 Å². The zero-order chi connectivity index (χ0) is 20.9. The van der Waals surface area contributed by atoms with Crippen molar-refractivity contribution < 1.29 is 9.59 Å². The van der Waals surface area contributed by atoms with Gasteiger partial charge >= 0.3 is 0 Å². The SMILES string of the molecule is CCC(C)(C)NC(=O)[C@@H](c1ccccn1)N(C(=O)c1csnn1)c1ccccc1. The summed E-state index contributed by atoms with van der Waals surface area (Å²) in [6.45, 7) is 5.88. The van der Waals surface area contributed by atoms with Gasteiger partial charge in [0.2, 0.25) is 5.91 Å². The van der Waals surface area contributed by atoms with E-state index in [1.165, 1.54) is 4.90 Å². The molecule has 1 aromatic carbocycles. The summed E-state index contributed by atoms with van der Waals surface area (Å²) in [5.41, 5.74) is 0.794. The summed E-state index contributed by atoms with van der Waals surface area (Å²) in [5, 5.41) is 8.53. The van der Waals surface area contributed by atoms with E-state index >= 15 is 0 Å². The number of amides is 2. The fourth-order valence-electron chi connectivity index (χ4n) is 2.77. The highest BCUT2D eigenvalue weighted by Gasteiger charge is 2.36. The highest BCUT2D eigenvalue weighted by molar-refractivity contribution is 7.03. The molecule has 3 rings (SSSR count). The molecule has 2 heterocycles. The molecule has 0 unspecified atom stereocenters. The van der Waals surface area contributed by atoms with E-state index in [9.17, 15) is 9.59 Å². The van der Waals surface area contributed by atoms with Gasteiger partial charge in [0, 0.05) is 22.8 Å². The number of para-hydroxylation sites is 1. The minimum absolute atomic E-state index is 0.183. The molecule has 0 radical (unpaired) electrons. The van der Waals surface area contributed by atoms with Crippen molar-refractivity contribution in [2.24, 2.45) is 0 Å². The second kappa shape index (κ2) is 8.91. The Bertz CT molecular complexity index is 946. The fraction of sp³-hybridized carbons (Fsp3) is 0.286. The highest BCUT2D eigenvalue weighted by atomic mass is 32.1. The summed E-state index contributed by atoms with van der Waals surface area (Å²) in [6.07, 6.45) is 2.35. The zero-order valence-electron chi connectivity index (χ0n) is 16.6. The van der Waals surface area contributed by atoms with Crippen LogP contribution in [0, 0.1) is 0 Å². The van der Waals surface area contributed by atoms with Gasteiger partial charge in [0.15, 0.2) is 11.7 Å². The maximum Gasteiger partial charge on any atom is 0.280 e. The Balaban J connectivity index is 2.12. The lowest BCUT2D eigenvalue weighted by molar-refractivity contribution is -0.124. The number of anilines is 1. The Kier molecular flexibility index (Phi) is 6.33. The molecule has 29 heavy (non-hydrogen) atoms. The molecule has 8 heteroatoms. The van der Waals surface area contributed by atoms with Crippen LogP contribution in [0.2, 0.25) is 0 Å². The molecule has 0 aliphatic heterocycles. The van der Waals surface area contributed by atoms with Crippen molar-refractivity contribution in [1.82, 2.24) is 19.9 Å². The van der Waals surface area contributed by atoms with Crippen LogP contribution < -0.4 is 10.2 Å². The van der Waals surface area contributed by atoms with Crippen LogP contribution in [0.15, 0.2) is 60.1 Å². The molecule has 3 aromatic rings. The van der Waals surface area contributed by atoms with E-state index in [2.05, 4.69) is 19.9 Å². The average molecular weight is 410 g/mol. The maximum absolute atomic E-state index is 13.4. The maximum atomic E-state index is 13.4. The molecule has 7 nitrogen and oxygen atoms in total. The summed E-state index contributed by atoms with van der Waals surface area (Å²) in [5.74, 6) is -0.721. The number of aromatic nitrogens is 3. The van der Waals surface area contributed by atoms with Crippen LogP contribution in [0.1, 0.15) is 49.4 Å². The number of nitrogens with one attached hydrogen (secondary N) is 1. The Labute approximate surface area is 174 Å². The van der Waals surface area contributed by atoms with Crippen LogP contribution >= 0.6 is 11.5 Å². The molecule has 0 saturated heterocycles. The minimum atomic E-state index is -0.960. The summed E-state index contributed by atoms with van der Waals surface area (Å²) >= 11 is 1.09. The lowest BCUT2D eigenvalue weighted by atomic mass is 10.00. The first-order valence-corrected chi connectivity index (χ1v) is 10.1. The number of carbonyl (C=O) groups excluding carboxylic acids is 2. The summed E-state index contributed by atoms with van der Waals surface area (Å²) in [4.78, 5) is 32.6. The van der Waals surface area contributed by atoms with E-state index in [4.69, 9.17) is 0 Å². The van der Waals surface area contributed by atoms with E-state index in [-0.39, 0.29) is 11.6 Å². The molecule has 0 aliphatic carbocycles. The van der Waals surface area contributed by atoms with E-state index in [1.807, 2.05) is 39.0 Å². The molecule has 0 saturated carbocycles. The Morgan fingerprint density at radius 3 is 2.45 bits per heavy atom. The molecular formula is C21H23N5O2S. The number of nitrogens with zero attached hydrogens (tertiary/aromatic N) is 4. The van der Waals surface area contributed by atoms with Gasteiger partial charge in [-0.1, -0.05) is 35.7 Å². The van der Waals surface area contributed by atoms with Crippen LogP contribution in [0.3, 0.4) is 0 Å². The van der Waals surface area contributed by atoms with Gasteiger partial charge in [-0.2, -0.15) is 0 Å². The minimum Gasteiger partial charge on any atom is -0.349 e. The third kappa shape index (κ3) is 4.83. The molecular weight excluding hydrogens is 386 g/mol. The monoisotopic (exact) mass is 409 g/mol. The summed E-state index contributed by atoms with van der Waals surface area (Å²) < 4.78 is 3.80. The number of benzene rings is 1. The molecule has 0 spiro atoms. The summed E-state index contributed by atoms with van der Waals surface area (Å²) in [6, 6.07) is 13.4. The third-order valence-electron chi connectivity index (χ3n) is 4.65. The van der Waals surface area contributed by atoms with Gasteiger partial charge in [-0.25, -0.2) is 0 Å². The van der Waals surface area contributed by atoms with Gasteiger partial charge in [0.25, 0.3) is 5.91 Å². The fourth-order valence-corrected chi connectivity index (χ4v) is 3.20. The van der Waals surface area contributed by atoms with Crippen molar-refractivity contribution in [3.8, 4) is 0 Å². The number of rotatable bonds is 7. The van der Waals surface area contributed by atoms with Crippen molar-refractivity contribution in [2.75, 3.05) is 4.90 Å². The number of carbonyl (C=O) groups is 2. The highest BCUT2D eigenvalue weighted by Crippen LogP contribution is 2.29. The smallest absolute Gasteiger partial charge is 0.280 e. The lowest BCUT2D eigenvalue weighted by Gasteiger charge is -2.33. The van der Waals surface area contributed by atoms with Crippen LogP contribution in [-0.2, 0) is 4.79 Å². The predicted molar refractivity (Wildman–Crippen MR) is 113 cm³/mol. The van der Waals surface area contributed by atoms with Gasteiger partial charge < -0.3 is 5.32 Å². The first-order chi connectivity index (χ1) is 13.9. The Morgan fingerprint density at radius 1 is 1.14 bits per heavy atom. The van der Waals surface area contributed by atoms with Gasteiger partial charge in [-0.3, -0.25) is 19.5 Å². The number of hydrogen-bond acceptors (Lipinski definition) is 6. The molecule has 150 valence electrons. The zero-order valence-corrected chi connectivity index (χ0v) is 17.4. The molecule has 2 amide bonds. The van der Waals surface area contributed by atoms with Crippen LogP contribution in [-0.4, -0.2) is 31.9 Å². The molecule has 1 N–H and O–H groups in total. The van der Waals surface area contributed by atoms with Crippen LogP contribution in [0.5, 0.6) is 0 Å². The summed E-state index contributed by atoms with van der Waals surface area (Å²) in [7, 11) is 0. The lowest BCUT2D eigenvalue weighted by Crippen LogP contribution is -2.50. The van der Waals surface area contributed by atoms with Crippen molar-refractivity contribution in [3.63, 3.8) is 0 Å². The van der Waals surface area contributed by atoms with Gasteiger partial charge in [0.1, 0.15) is 0 Å². The van der Waals surface area contributed by atoms with E-state index in [0.717, 1.165) is 18.0 Å². The van der Waals surface area contributed by atoms with Crippen molar-refractivity contribution >= 4 is 29.0 Å². The van der Waals surface area contributed by atoms with Gasteiger partial charge in [0.05, 0.1) is 5.69 Å². The first-order valence-electron chi connectivity index (χ1n) is 9.31. The van der Waals surface area contributed by atoms with Crippen molar-refractivity contribution in [1.29, 1.82) is 0 Å². The largest absolute Gasteiger partial charge is 0.349 e. The van der Waals surface area contributed by atoms with E-state index < -0.39 is 17.5 Å². The van der Waals surface area contributed by atoms with Crippen LogP contribution in [0.25, 0.3) is 0 Å². The first kappa shape index (κ1) is 20.6. The molecule has 1 atom stereocenters. The van der Waals surface area contributed by atoms with E-state index in [1.54, 1.807) is 41.9 Å². The molecule has 0 fully saturated rings. The predicted octanol–water partition coefficient (Wildman–Crippen LogP) is 3.63. The quantitative estimate of drug-likeness (QED) is 0.644. The standard InChI is InChI=1S/C21H23N5O2S/c1-4-21(2,3)23-19(27)18(16-12-8-9-13-22-16)26(15-10-6-5-7-11-15)20(28)17-14-29-25-24-17/h5-14,18H,4H2,1-3H3,(H,23,27)/t18-/m1/s1. The Hall–Kier alpha value is -3.13. The molecule has 0 aliphatic rings. The molecule has 2 aromatic heterocycles. The molecule has 0 bridgehead atoms. The van der Waals surface area contributed by atoms with Crippen molar-refractivity contribution in [2.45, 2.75) is 38.8 Å². The number of pyridine rings is 1. The Morgan fingerprint density at radius 2 is 1.86 bits per heavy atom. The third-order valence-corrected chi connectivity index (χ3v) is 5.16. The average Bonchev–Trinajstić information content (AvgIpc) is 3.27. The normalized spacial score (nSPS) is 12.2. The van der Waals surface area contributed by atoms with Crippen LogP contribution in [0.4, 0.5) is 5.69 Å². The number of hydrogen-bond donors (Lipinski definition) is 1. The second-order valence-electron chi connectivity index (χ2n) is 7.18. The van der Waals surface area contributed by atoms with Gasteiger partial charge in [-0.15, -0.1) is 5.10 Å². The second-order valence-corrected chi connectivity index (χ2v) is 7.79. The van der Waals surface area contributed by atoms with Crippen molar-refractivity contribution in [3.05, 3.63) is 71.5 Å².